The second-order valence-electron chi connectivity index (χ2n) is 4.31. The summed E-state index contributed by atoms with van der Waals surface area (Å²) in [6, 6.07) is 5.46. The summed E-state index contributed by atoms with van der Waals surface area (Å²) in [7, 11) is 0. The number of rotatable bonds is 7. The van der Waals surface area contributed by atoms with Crippen molar-refractivity contribution in [3.05, 3.63) is 29.3 Å². The Morgan fingerprint density at radius 1 is 1.39 bits per heavy atom. The summed E-state index contributed by atoms with van der Waals surface area (Å²) in [6.07, 6.45) is 1.84. The van der Waals surface area contributed by atoms with Gasteiger partial charge in [-0.2, -0.15) is 0 Å². The molecule has 3 N–H and O–H groups in total. The quantitative estimate of drug-likeness (QED) is 0.575. The van der Waals surface area contributed by atoms with Crippen molar-refractivity contribution in [1.82, 2.24) is 5.32 Å². The topological polar surface area (TPSA) is 64.3 Å². The molecule has 18 heavy (non-hydrogen) atoms. The molecule has 0 heterocycles. The van der Waals surface area contributed by atoms with Crippen LogP contribution >= 0.6 is 0 Å². The van der Waals surface area contributed by atoms with Crippen molar-refractivity contribution in [3.8, 4) is 0 Å². The Balaban J connectivity index is 2.34. The third-order valence-corrected chi connectivity index (χ3v) is 2.55. The van der Waals surface area contributed by atoms with Crippen LogP contribution in [0.25, 0.3) is 0 Å². The Bertz CT molecular complexity index is 391. The third kappa shape index (κ3) is 4.75. The van der Waals surface area contributed by atoms with Gasteiger partial charge < -0.3 is 15.8 Å². The summed E-state index contributed by atoms with van der Waals surface area (Å²) in [6.45, 7) is 6.07. The fourth-order valence-corrected chi connectivity index (χ4v) is 1.58. The molecule has 0 bridgehead atoms. The first kappa shape index (κ1) is 14.5. The molecular formula is C14H22N2O2. The monoisotopic (exact) mass is 250 g/mol. The summed E-state index contributed by atoms with van der Waals surface area (Å²) in [5, 5.41) is 2.84. The molecule has 100 valence electrons. The van der Waals surface area contributed by atoms with Crippen LogP contribution in [0.5, 0.6) is 0 Å². The van der Waals surface area contributed by atoms with Crippen molar-refractivity contribution < 1.29 is 9.53 Å². The lowest BCUT2D eigenvalue weighted by atomic mass is 10.1. The number of ether oxygens (including phenoxy) is 1. The lowest BCUT2D eigenvalue weighted by Gasteiger charge is -2.08. The first-order valence-electron chi connectivity index (χ1n) is 6.37. The van der Waals surface area contributed by atoms with Crippen LogP contribution in [0.15, 0.2) is 18.2 Å². The molecule has 0 atom stereocenters. The van der Waals surface area contributed by atoms with E-state index in [1.165, 1.54) is 0 Å². The molecule has 1 rings (SSSR count). The molecule has 4 heteroatoms. The second kappa shape index (κ2) is 7.71. The minimum Gasteiger partial charge on any atom is -0.398 e. The van der Waals surface area contributed by atoms with Gasteiger partial charge in [0.15, 0.2) is 0 Å². The summed E-state index contributed by atoms with van der Waals surface area (Å²) < 4.78 is 5.34. The van der Waals surface area contributed by atoms with E-state index in [4.69, 9.17) is 10.5 Å². The highest BCUT2D eigenvalue weighted by atomic mass is 16.5. The van der Waals surface area contributed by atoms with Gasteiger partial charge in [0.1, 0.15) is 0 Å². The molecule has 1 aromatic rings. The average Bonchev–Trinajstić information content (AvgIpc) is 2.36. The summed E-state index contributed by atoms with van der Waals surface area (Å²) >= 11 is 0. The fraction of sp³-hybridized carbons (Fsp3) is 0.500. The molecule has 0 aliphatic carbocycles. The van der Waals surface area contributed by atoms with E-state index < -0.39 is 0 Å². The van der Waals surface area contributed by atoms with Gasteiger partial charge in [-0.1, -0.05) is 18.6 Å². The van der Waals surface area contributed by atoms with E-state index in [0.29, 0.717) is 24.4 Å². The molecule has 4 nitrogen and oxygen atoms in total. The number of nitrogen functional groups attached to an aromatic ring is 1. The van der Waals surface area contributed by atoms with Crippen LogP contribution in [0.4, 0.5) is 5.69 Å². The number of hydrogen-bond acceptors (Lipinski definition) is 3. The molecule has 0 fully saturated rings. The van der Waals surface area contributed by atoms with E-state index in [1.807, 2.05) is 13.0 Å². The van der Waals surface area contributed by atoms with Crippen LogP contribution < -0.4 is 11.1 Å². The van der Waals surface area contributed by atoms with Crippen molar-refractivity contribution in [3.63, 3.8) is 0 Å². The Labute approximate surface area is 109 Å². The van der Waals surface area contributed by atoms with E-state index >= 15 is 0 Å². The zero-order valence-electron chi connectivity index (χ0n) is 11.2. The van der Waals surface area contributed by atoms with E-state index in [2.05, 4.69) is 12.2 Å². The number of nitrogens with one attached hydrogen (secondary N) is 1. The lowest BCUT2D eigenvalue weighted by molar-refractivity contribution is 0.0942. The minimum absolute atomic E-state index is 0.119. The van der Waals surface area contributed by atoms with E-state index in [-0.39, 0.29) is 5.91 Å². The Morgan fingerprint density at radius 2 is 2.17 bits per heavy atom. The number of carbonyl (C=O) groups is 1. The standard InChI is InChI=1S/C14H22N2O2/c1-3-8-18-9-4-7-16-14(17)12-10-11(2)5-6-13(12)15/h5-6,10H,3-4,7-9,15H2,1-2H3,(H,16,17). The van der Waals surface area contributed by atoms with Crippen LogP contribution in [-0.2, 0) is 4.74 Å². The largest absolute Gasteiger partial charge is 0.398 e. The van der Waals surface area contributed by atoms with Crippen LogP contribution in [-0.4, -0.2) is 25.7 Å². The highest BCUT2D eigenvalue weighted by Gasteiger charge is 2.08. The van der Waals surface area contributed by atoms with Gasteiger partial charge in [-0.15, -0.1) is 0 Å². The van der Waals surface area contributed by atoms with Crippen molar-refractivity contribution in [2.75, 3.05) is 25.5 Å². The lowest BCUT2D eigenvalue weighted by Crippen LogP contribution is -2.26. The highest BCUT2D eigenvalue weighted by Crippen LogP contribution is 2.13. The van der Waals surface area contributed by atoms with Gasteiger partial charge in [-0.05, 0) is 31.9 Å². The van der Waals surface area contributed by atoms with Crippen LogP contribution in [0, 0.1) is 6.92 Å². The molecule has 1 aromatic carbocycles. The average molecular weight is 250 g/mol. The molecule has 0 unspecified atom stereocenters. The molecule has 0 spiro atoms. The van der Waals surface area contributed by atoms with Gasteiger partial charge in [-0.3, -0.25) is 4.79 Å². The van der Waals surface area contributed by atoms with E-state index in [1.54, 1.807) is 12.1 Å². The van der Waals surface area contributed by atoms with Gasteiger partial charge in [0.25, 0.3) is 5.91 Å². The molecular weight excluding hydrogens is 228 g/mol. The molecule has 1 amide bonds. The van der Waals surface area contributed by atoms with Gasteiger partial charge in [0.2, 0.25) is 0 Å². The van der Waals surface area contributed by atoms with Gasteiger partial charge in [0.05, 0.1) is 5.56 Å². The van der Waals surface area contributed by atoms with Crippen LogP contribution in [0.1, 0.15) is 35.7 Å². The predicted molar refractivity (Wildman–Crippen MR) is 73.7 cm³/mol. The van der Waals surface area contributed by atoms with Crippen molar-refractivity contribution in [2.24, 2.45) is 0 Å². The van der Waals surface area contributed by atoms with Gasteiger partial charge in [-0.25, -0.2) is 0 Å². The van der Waals surface area contributed by atoms with Gasteiger partial charge >= 0.3 is 0 Å². The SMILES string of the molecule is CCCOCCCNC(=O)c1cc(C)ccc1N. The minimum atomic E-state index is -0.119. The zero-order valence-corrected chi connectivity index (χ0v) is 11.2. The van der Waals surface area contributed by atoms with Crippen molar-refractivity contribution >= 4 is 11.6 Å². The first-order valence-corrected chi connectivity index (χ1v) is 6.37. The maximum absolute atomic E-state index is 11.9. The number of carbonyl (C=O) groups excluding carboxylic acids is 1. The first-order chi connectivity index (χ1) is 8.65. The normalized spacial score (nSPS) is 10.3. The number of benzene rings is 1. The Morgan fingerprint density at radius 3 is 2.89 bits per heavy atom. The van der Waals surface area contributed by atoms with E-state index in [9.17, 15) is 4.79 Å². The molecule has 0 saturated carbocycles. The highest BCUT2D eigenvalue weighted by molar-refractivity contribution is 5.99. The number of hydrogen-bond donors (Lipinski definition) is 2. The summed E-state index contributed by atoms with van der Waals surface area (Å²) in [4.78, 5) is 11.9. The van der Waals surface area contributed by atoms with Crippen molar-refractivity contribution in [2.45, 2.75) is 26.7 Å². The van der Waals surface area contributed by atoms with Crippen molar-refractivity contribution in [1.29, 1.82) is 0 Å². The summed E-state index contributed by atoms with van der Waals surface area (Å²) in [5.41, 5.74) is 7.86. The number of amides is 1. The van der Waals surface area contributed by atoms with E-state index in [0.717, 1.165) is 25.0 Å². The zero-order chi connectivity index (χ0) is 13.4. The molecule has 0 aliphatic rings. The van der Waals surface area contributed by atoms with Crippen LogP contribution in [0.3, 0.4) is 0 Å². The molecule has 0 aliphatic heterocycles. The fourth-order valence-electron chi connectivity index (χ4n) is 1.58. The number of anilines is 1. The number of aryl methyl sites for hydroxylation is 1. The molecule has 0 aromatic heterocycles. The maximum atomic E-state index is 11.9. The maximum Gasteiger partial charge on any atom is 0.253 e. The summed E-state index contributed by atoms with van der Waals surface area (Å²) in [5.74, 6) is -0.119. The second-order valence-corrected chi connectivity index (χ2v) is 4.31. The molecule has 0 saturated heterocycles. The Kier molecular flexibility index (Phi) is 6.22. The van der Waals surface area contributed by atoms with Gasteiger partial charge in [0, 0.05) is 25.4 Å². The Hall–Kier alpha value is -1.55. The smallest absolute Gasteiger partial charge is 0.253 e. The predicted octanol–water partition coefficient (Wildman–Crippen LogP) is 2.12. The van der Waals surface area contributed by atoms with Crippen LogP contribution in [0.2, 0.25) is 0 Å². The third-order valence-electron chi connectivity index (χ3n) is 2.55. The molecule has 0 radical (unpaired) electrons. The number of nitrogens with two attached hydrogens (primary N) is 1.